The minimum atomic E-state index is -3.84. The molecule has 3 aromatic heterocycles. The SMILES string of the molecule is Cc1cccc2c1c(NS(=O)(=O)c1ccc(Cl)s1)nn2Cc1cccc(CNC(=O)c2ccco2)c1. The average Bonchev–Trinajstić information content (AvgIpc) is 3.60. The third-order valence-electron chi connectivity index (χ3n) is 5.55. The number of nitrogens with zero attached hydrogens (tertiary/aromatic N) is 2. The van der Waals surface area contributed by atoms with Crippen molar-refractivity contribution in [1.82, 2.24) is 15.1 Å². The second-order valence-electron chi connectivity index (χ2n) is 8.12. The van der Waals surface area contributed by atoms with Crippen molar-refractivity contribution in [2.24, 2.45) is 0 Å². The van der Waals surface area contributed by atoms with Crippen molar-refractivity contribution in [1.29, 1.82) is 0 Å². The molecule has 11 heteroatoms. The molecule has 3 heterocycles. The number of furan rings is 1. The maximum Gasteiger partial charge on any atom is 0.287 e. The lowest BCUT2D eigenvalue weighted by atomic mass is 10.1. The van der Waals surface area contributed by atoms with Gasteiger partial charge in [0.25, 0.3) is 15.9 Å². The third kappa shape index (κ3) is 5.01. The number of fused-ring (bicyclic) bond motifs is 1. The summed E-state index contributed by atoms with van der Waals surface area (Å²) in [7, 11) is -3.84. The molecule has 0 radical (unpaired) electrons. The lowest BCUT2D eigenvalue weighted by Gasteiger charge is -2.08. The summed E-state index contributed by atoms with van der Waals surface area (Å²) in [5, 5.41) is 8.18. The van der Waals surface area contributed by atoms with Gasteiger partial charge in [-0.3, -0.25) is 14.2 Å². The first-order valence-corrected chi connectivity index (χ1v) is 13.6. The van der Waals surface area contributed by atoms with Gasteiger partial charge in [-0.25, -0.2) is 8.42 Å². The minimum absolute atomic E-state index is 0.119. The Morgan fingerprint density at radius 2 is 1.89 bits per heavy atom. The minimum Gasteiger partial charge on any atom is -0.459 e. The van der Waals surface area contributed by atoms with E-state index in [1.165, 1.54) is 12.3 Å². The van der Waals surface area contributed by atoms with Gasteiger partial charge in [0.15, 0.2) is 11.6 Å². The standard InChI is InChI=1S/C25H21ClN4O4S2/c1-16-5-2-8-19-23(16)24(29-36(32,33)22-11-10-21(26)35-22)28-30(19)15-18-7-3-6-17(13-18)14-27-25(31)20-9-4-12-34-20/h2-13H,14-15H2,1H3,(H,27,31)(H,28,29). The second-order valence-corrected chi connectivity index (χ2v) is 11.7. The van der Waals surface area contributed by atoms with Gasteiger partial charge in [0.1, 0.15) is 4.21 Å². The molecule has 184 valence electrons. The molecule has 0 atom stereocenters. The highest BCUT2D eigenvalue weighted by molar-refractivity contribution is 7.94. The van der Waals surface area contributed by atoms with E-state index >= 15 is 0 Å². The fourth-order valence-electron chi connectivity index (χ4n) is 3.90. The molecule has 0 saturated heterocycles. The van der Waals surface area contributed by atoms with E-state index in [-0.39, 0.29) is 21.7 Å². The van der Waals surface area contributed by atoms with Crippen LogP contribution in [0.3, 0.4) is 0 Å². The molecule has 0 aliphatic carbocycles. The van der Waals surface area contributed by atoms with Crippen LogP contribution in [0.1, 0.15) is 27.2 Å². The second kappa shape index (κ2) is 9.81. The van der Waals surface area contributed by atoms with E-state index in [0.717, 1.165) is 38.9 Å². The Hall–Kier alpha value is -3.60. The lowest BCUT2D eigenvalue weighted by molar-refractivity contribution is 0.0923. The van der Waals surface area contributed by atoms with Crippen molar-refractivity contribution in [2.75, 3.05) is 4.72 Å². The molecular weight excluding hydrogens is 520 g/mol. The molecule has 36 heavy (non-hydrogen) atoms. The predicted octanol–water partition coefficient (Wildman–Crippen LogP) is 5.43. The number of thiophene rings is 1. The molecule has 5 aromatic rings. The van der Waals surface area contributed by atoms with Crippen molar-refractivity contribution < 1.29 is 17.6 Å². The number of hydrogen-bond acceptors (Lipinski definition) is 6. The van der Waals surface area contributed by atoms with Crippen molar-refractivity contribution in [3.63, 3.8) is 0 Å². The topological polar surface area (TPSA) is 106 Å². The normalized spacial score (nSPS) is 11.6. The van der Waals surface area contributed by atoms with Crippen LogP contribution in [0.5, 0.6) is 0 Å². The molecule has 0 fully saturated rings. The maximum absolute atomic E-state index is 12.9. The van der Waals surface area contributed by atoms with E-state index < -0.39 is 10.0 Å². The fraction of sp³-hybridized carbons (Fsp3) is 0.120. The van der Waals surface area contributed by atoms with Crippen LogP contribution in [-0.2, 0) is 23.1 Å². The summed E-state index contributed by atoms with van der Waals surface area (Å²) in [5.74, 6) is 0.224. The van der Waals surface area contributed by atoms with Gasteiger partial charge < -0.3 is 9.73 Å². The number of aryl methyl sites for hydroxylation is 1. The molecule has 0 spiro atoms. The van der Waals surface area contributed by atoms with Crippen LogP contribution in [-0.4, -0.2) is 24.1 Å². The maximum atomic E-state index is 12.9. The number of aromatic nitrogens is 2. The third-order valence-corrected chi connectivity index (χ3v) is 8.61. The van der Waals surface area contributed by atoms with Gasteiger partial charge in [0.05, 0.1) is 22.7 Å². The summed E-state index contributed by atoms with van der Waals surface area (Å²) in [5.41, 5.74) is 3.56. The number of benzene rings is 2. The summed E-state index contributed by atoms with van der Waals surface area (Å²) in [6, 6.07) is 19.8. The Labute approximate surface area is 216 Å². The van der Waals surface area contributed by atoms with E-state index in [0.29, 0.717) is 17.4 Å². The van der Waals surface area contributed by atoms with Gasteiger partial charge in [0, 0.05) is 11.9 Å². The Bertz CT molecular complexity index is 1660. The van der Waals surface area contributed by atoms with Crippen molar-refractivity contribution in [2.45, 2.75) is 24.2 Å². The monoisotopic (exact) mass is 540 g/mol. The summed E-state index contributed by atoms with van der Waals surface area (Å²) >= 11 is 6.93. The Balaban J connectivity index is 1.40. The highest BCUT2D eigenvalue weighted by Gasteiger charge is 2.22. The Morgan fingerprint density at radius 1 is 1.08 bits per heavy atom. The molecule has 1 amide bonds. The average molecular weight is 541 g/mol. The van der Waals surface area contributed by atoms with E-state index in [2.05, 4.69) is 15.1 Å². The van der Waals surface area contributed by atoms with Crippen LogP contribution in [0.25, 0.3) is 10.9 Å². The Kier molecular flexibility index (Phi) is 6.57. The van der Waals surface area contributed by atoms with Gasteiger partial charge in [-0.05, 0) is 53.9 Å². The van der Waals surface area contributed by atoms with Gasteiger partial charge in [-0.2, -0.15) is 5.10 Å². The Morgan fingerprint density at radius 3 is 2.64 bits per heavy atom. The highest BCUT2D eigenvalue weighted by Crippen LogP contribution is 2.31. The van der Waals surface area contributed by atoms with E-state index in [1.807, 2.05) is 49.4 Å². The number of amides is 1. The molecule has 0 saturated carbocycles. The number of halogens is 1. The van der Waals surface area contributed by atoms with E-state index in [9.17, 15) is 13.2 Å². The zero-order valence-corrected chi connectivity index (χ0v) is 21.5. The molecule has 0 aliphatic rings. The van der Waals surface area contributed by atoms with Crippen LogP contribution in [0.15, 0.2) is 81.6 Å². The summed E-state index contributed by atoms with van der Waals surface area (Å²) < 4.78 is 35.9. The van der Waals surface area contributed by atoms with Crippen molar-refractivity contribution >= 4 is 55.6 Å². The van der Waals surface area contributed by atoms with E-state index in [4.69, 9.17) is 16.0 Å². The summed E-state index contributed by atoms with van der Waals surface area (Å²) in [6.45, 7) is 2.66. The molecule has 2 aromatic carbocycles. The molecule has 0 aliphatic heterocycles. The highest BCUT2D eigenvalue weighted by atomic mass is 35.5. The zero-order valence-electron chi connectivity index (χ0n) is 19.1. The molecular formula is C25H21ClN4O4S2. The first-order chi connectivity index (χ1) is 17.3. The quantitative estimate of drug-likeness (QED) is 0.273. The number of rotatable bonds is 8. The van der Waals surface area contributed by atoms with Crippen LogP contribution in [0, 0.1) is 6.92 Å². The molecule has 2 N–H and O–H groups in total. The number of anilines is 1. The molecule has 0 unspecified atom stereocenters. The lowest BCUT2D eigenvalue weighted by Crippen LogP contribution is -2.22. The largest absolute Gasteiger partial charge is 0.459 e. The molecule has 8 nitrogen and oxygen atoms in total. The zero-order chi connectivity index (χ0) is 25.3. The van der Waals surface area contributed by atoms with Crippen LogP contribution < -0.4 is 10.0 Å². The molecule has 0 bridgehead atoms. The van der Waals surface area contributed by atoms with Gasteiger partial charge in [0.2, 0.25) is 0 Å². The van der Waals surface area contributed by atoms with Crippen LogP contribution >= 0.6 is 22.9 Å². The number of carbonyl (C=O) groups is 1. The van der Waals surface area contributed by atoms with Gasteiger partial charge in [-0.15, -0.1) is 11.3 Å². The number of nitrogens with one attached hydrogen (secondary N) is 2. The predicted molar refractivity (Wildman–Crippen MR) is 140 cm³/mol. The summed E-state index contributed by atoms with van der Waals surface area (Å²) in [4.78, 5) is 12.2. The molecule has 5 rings (SSSR count). The summed E-state index contributed by atoms with van der Waals surface area (Å²) in [6.07, 6.45) is 1.45. The van der Waals surface area contributed by atoms with Crippen molar-refractivity contribution in [3.05, 3.63) is 99.8 Å². The smallest absolute Gasteiger partial charge is 0.287 e. The fourth-order valence-corrected chi connectivity index (χ4v) is 6.39. The van der Waals surface area contributed by atoms with Crippen LogP contribution in [0.2, 0.25) is 4.34 Å². The van der Waals surface area contributed by atoms with Crippen LogP contribution in [0.4, 0.5) is 5.82 Å². The first kappa shape index (κ1) is 24.1. The number of carbonyl (C=O) groups excluding carboxylic acids is 1. The first-order valence-electron chi connectivity index (χ1n) is 10.9. The number of hydrogen-bond donors (Lipinski definition) is 2. The van der Waals surface area contributed by atoms with Gasteiger partial charge in [-0.1, -0.05) is 48.0 Å². The van der Waals surface area contributed by atoms with Crippen molar-refractivity contribution in [3.8, 4) is 0 Å². The van der Waals surface area contributed by atoms with Gasteiger partial charge >= 0.3 is 0 Å². The van der Waals surface area contributed by atoms with E-state index in [1.54, 1.807) is 22.9 Å². The number of sulfonamides is 1.